The van der Waals surface area contributed by atoms with Crippen LogP contribution in [0.3, 0.4) is 0 Å². The fraction of sp³-hybridized carbons (Fsp3) is 0.875. The van der Waals surface area contributed by atoms with E-state index in [9.17, 15) is 14.2 Å². The summed E-state index contributed by atoms with van der Waals surface area (Å²) in [5, 5.41) is 8.66. The lowest BCUT2D eigenvalue weighted by molar-refractivity contribution is -0.141. The number of carboxylic acid groups (broad SMARTS) is 1. The fourth-order valence-electron chi connectivity index (χ4n) is 3.35. The molecule has 2 aliphatic rings. The van der Waals surface area contributed by atoms with E-state index in [1.165, 1.54) is 0 Å². The first-order valence-corrected chi connectivity index (χ1v) is 11.0. The van der Waals surface area contributed by atoms with Crippen LogP contribution >= 0.6 is 7.52 Å². The van der Waals surface area contributed by atoms with Crippen LogP contribution in [0.4, 0.5) is 0 Å². The zero-order valence-corrected chi connectivity index (χ0v) is 16.7. The van der Waals surface area contributed by atoms with Crippen LogP contribution in [0.1, 0.15) is 19.8 Å². The normalized spacial score (nSPS) is 27.9. The summed E-state index contributed by atoms with van der Waals surface area (Å²) in [7, 11) is -0.933. The number of hydrogen-bond donors (Lipinski definition) is 1. The van der Waals surface area contributed by atoms with Crippen molar-refractivity contribution in [1.29, 1.82) is 0 Å². The van der Waals surface area contributed by atoms with Gasteiger partial charge in [-0.15, -0.1) is 0 Å². The van der Waals surface area contributed by atoms with Crippen LogP contribution in [0.25, 0.3) is 0 Å². The number of ether oxygens (including phenoxy) is 1. The van der Waals surface area contributed by atoms with Gasteiger partial charge in [0, 0.05) is 52.4 Å². The van der Waals surface area contributed by atoms with Crippen molar-refractivity contribution in [2.75, 3.05) is 59.6 Å². The van der Waals surface area contributed by atoms with Gasteiger partial charge in [0.1, 0.15) is 0 Å². The van der Waals surface area contributed by atoms with E-state index in [1.807, 2.05) is 14.0 Å². The van der Waals surface area contributed by atoms with Crippen LogP contribution in [0.5, 0.6) is 0 Å². The standard InChI is InChI=1S/C16H30N3O6P/c1-13-10-17(2)11-14(25-13)12-24-26(3,23)19-8-6-18(7-9-19)15(20)4-5-16(21)22/h13-14H,4-12H2,1-3H3,(H,21,22). The number of carbonyl (C=O) groups excluding carboxylic acids is 1. The van der Waals surface area contributed by atoms with Gasteiger partial charge in [0.2, 0.25) is 5.91 Å². The van der Waals surface area contributed by atoms with Gasteiger partial charge in [-0.25, -0.2) is 4.67 Å². The highest BCUT2D eigenvalue weighted by molar-refractivity contribution is 7.55. The van der Waals surface area contributed by atoms with Crippen molar-refractivity contribution in [3.63, 3.8) is 0 Å². The predicted molar refractivity (Wildman–Crippen MR) is 96.3 cm³/mol. The molecule has 0 aromatic heterocycles. The summed E-state index contributed by atoms with van der Waals surface area (Å²) in [5.41, 5.74) is 0. The maximum Gasteiger partial charge on any atom is 0.303 e. The average Bonchev–Trinajstić information content (AvgIpc) is 2.57. The second-order valence-electron chi connectivity index (χ2n) is 7.12. The topological polar surface area (TPSA) is 99.6 Å². The van der Waals surface area contributed by atoms with Crippen molar-refractivity contribution in [2.24, 2.45) is 0 Å². The Hall–Kier alpha value is -0.990. The highest BCUT2D eigenvalue weighted by Crippen LogP contribution is 2.47. The van der Waals surface area contributed by atoms with Gasteiger partial charge < -0.3 is 24.2 Å². The van der Waals surface area contributed by atoms with Crippen molar-refractivity contribution in [3.8, 4) is 0 Å². The first kappa shape index (κ1) is 21.3. The molecule has 1 amide bonds. The number of rotatable bonds is 7. The quantitative estimate of drug-likeness (QED) is 0.629. The van der Waals surface area contributed by atoms with E-state index in [0.717, 1.165) is 13.1 Å². The van der Waals surface area contributed by atoms with Gasteiger partial charge in [-0.05, 0) is 14.0 Å². The van der Waals surface area contributed by atoms with Gasteiger partial charge in [-0.3, -0.25) is 14.2 Å². The molecule has 0 aliphatic carbocycles. The Labute approximate surface area is 154 Å². The fourth-order valence-corrected chi connectivity index (χ4v) is 4.86. The Kier molecular flexibility index (Phi) is 7.61. The predicted octanol–water partition coefficient (Wildman–Crippen LogP) is 0.554. The maximum atomic E-state index is 12.9. The highest BCUT2D eigenvalue weighted by Gasteiger charge is 2.33. The molecule has 2 fully saturated rings. The zero-order valence-electron chi connectivity index (χ0n) is 15.8. The van der Waals surface area contributed by atoms with E-state index >= 15 is 0 Å². The Morgan fingerprint density at radius 2 is 1.85 bits per heavy atom. The van der Waals surface area contributed by atoms with E-state index in [4.69, 9.17) is 14.4 Å². The summed E-state index contributed by atoms with van der Waals surface area (Å²) >= 11 is 0. The SMILES string of the molecule is CC1CN(C)CC(COP(C)(=O)N2CCN(C(=O)CCC(=O)O)CC2)O1. The van der Waals surface area contributed by atoms with Gasteiger partial charge in [0.15, 0.2) is 0 Å². The molecule has 0 aromatic carbocycles. The molecular formula is C16H30N3O6P. The smallest absolute Gasteiger partial charge is 0.303 e. The zero-order chi connectivity index (χ0) is 19.3. The third-order valence-electron chi connectivity index (χ3n) is 4.68. The van der Waals surface area contributed by atoms with E-state index in [0.29, 0.717) is 26.2 Å². The average molecular weight is 391 g/mol. The first-order chi connectivity index (χ1) is 12.2. The highest BCUT2D eigenvalue weighted by atomic mass is 31.2. The number of carbonyl (C=O) groups is 2. The molecule has 0 saturated carbocycles. The minimum atomic E-state index is -2.96. The van der Waals surface area contributed by atoms with Gasteiger partial charge in [-0.1, -0.05) is 0 Å². The van der Waals surface area contributed by atoms with Crippen LogP contribution in [-0.4, -0.2) is 103 Å². The van der Waals surface area contributed by atoms with Crippen LogP contribution < -0.4 is 0 Å². The summed E-state index contributed by atoms with van der Waals surface area (Å²) in [6, 6.07) is 0. The van der Waals surface area contributed by atoms with Crippen LogP contribution in [0.15, 0.2) is 0 Å². The summed E-state index contributed by atoms with van der Waals surface area (Å²) in [4.78, 5) is 26.3. The van der Waals surface area contributed by atoms with Gasteiger partial charge >= 0.3 is 5.97 Å². The molecule has 10 heteroatoms. The minimum absolute atomic E-state index is 0.000337. The van der Waals surface area contributed by atoms with E-state index in [2.05, 4.69) is 4.90 Å². The maximum absolute atomic E-state index is 12.9. The molecule has 9 nitrogen and oxygen atoms in total. The van der Waals surface area contributed by atoms with E-state index in [1.54, 1.807) is 16.2 Å². The number of piperazine rings is 1. The van der Waals surface area contributed by atoms with Gasteiger partial charge in [0.25, 0.3) is 7.52 Å². The van der Waals surface area contributed by atoms with Crippen molar-refractivity contribution in [1.82, 2.24) is 14.5 Å². The summed E-state index contributed by atoms with van der Waals surface area (Å²) < 4.78 is 26.3. The molecule has 150 valence electrons. The Morgan fingerprint density at radius 3 is 2.42 bits per heavy atom. The molecule has 0 bridgehead atoms. The van der Waals surface area contributed by atoms with Gasteiger partial charge in [-0.2, -0.15) is 0 Å². The third kappa shape index (κ3) is 6.32. The summed E-state index contributed by atoms with van der Waals surface area (Å²) in [5.74, 6) is -1.15. The van der Waals surface area contributed by atoms with Crippen LogP contribution in [-0.2, 0) is 23.4 Å². The van der Waals surface area contributed by atoms with Crippen molar-refractivity contribution in [3.05, 3.63) is 0 Å². The molecule has 2 rings (SSSR count). The molecular weight excluding hydrogens is 361 g/mol. The Bertz CT molecular complexity index is 542. The second-order valence-corrected chi connectivity index (χ2v) is 9.55. The first-order valence-electron chi connectivity index (χ1n) is 8.98. The summed E-state index contributed by atoms with van der Waals surface area (Å²) in [6.07, 6.45) is -0.141. The number of carboxylic acids is 1. The lowest BCUT2D eigenvalue weighted by atomic mass is 10.2. The van der Waals surface area contributed by atoms with Crippen LogP contribution in [0, 0.1) is 0 Å². The molecule has 0 radical (unpaired) electrons. The van der Waals surface area contributed by atoms with E-state index < -0.39 is 13.5 Å². The molecule has 0 spiro atoms. The monoisotopic (exact) mass is 391 g/mol. The Morgan fingerprint density at radius 1 is 1.19 bits per heavy atom. The van der Waals surface area contributed by atoms with Crippen molar-refractivity contribution >= 4 is 19.4 Å². The summed E-state index contributed by atoms with van der Waals surface area (Å²) in [6.45, 7) is 7.27. The Balaban J connectivity index is 1.77. The third-order valence-corrected chi connectivity index (χ3v) is 6.74. The molecule has 26 heavy (non-hydrogen) atoms. The number of amides is 1. The van der Waals surface area contributed by atoms with E-state index in [-0.39, 0.29) is 37.6 Å². The number of likely N-dealkylation sites (N-methyl/N-ethyl adjacent to an activating group) is 1. The largest absolute Gasteiger partial charge is 0.481 e. The molecule has 2 heterocycles. The van der Waals surface area contributed by atoms with Crippen LogP contribution in [0.2, 0.25) is 0 Å². The van der Waals surface area contributed by atoms with Gasteiger partial charge in [0.05, 0.1) is 25.2 Å². The van der Waals surface area contributed by atoms with Crippen molar-refractivity contribution < 1.29 is 28.5 Å². The molecule has 1 N–H and O–H groups in total. The molecule has 3 unspecified atom stereocenters. The number of morpholine rings is 1. The number of hydrogen-bond acceptors (Lipinski definition) is 6. The molecule has 2 aliphatic heterocycles. The number of aliphatic carboxylic acids is 1. The second kappa shape index (κ2) is 9.28. The minimum Gasteiger partial charge on any atom is -0.481 e. The number of nitrogens with zero attached hydrogens (tertiary/aromatic N) is 3. The molecule has 0 aromatic rings. The molecule has 3 atom stereocenters. The molecule has 2 saturated heterocycles. The van der Waals surface area contributed by atoms with Crippen molar-refractivity contribution in [2.45, 2.75) is 32.0 Å². The lowest BCUT2D eigenvalue weighted by Gasteiger charge is -2.39. The lowest BCUT2D eigenvalue weighted by Crippen LogP contribution is -2.48.